The number of nitrogens with zero attached hydrogens (tertiary/aromatic N) is 1. The highest BCUT2D eigenvalue weighted by Gasteiger charge is 2.47. The standard InChI is InChI=1S/C16H32N2O/c1-4-10-17-16(12-19,14-7-8-14)11-18-13(3)6-9-15(18)5-2/h13-15,17,19H,4-12H2,1-3H3. The van der Waals surface area contributed by atoms with E-state index >= 15 is 0 Å². The van der Waals surface area contributed by atoms with Crippen LogP contribution in [0.5, 0.6) is 0 Å². The lowest BCUT2D eigenvalue weighted by Crippen LogP contribution is -2.59. The first-order chi connectivity index (χ1) is 9.16. The third-order valence-corrected chi connectivity index (χ3v) is 5.26. The van der Waals surface area contributed by atoms with E-state index < -0.39 is 0 Å². The van der Waals surface area contributed by atoms with Crippen molar-refractivity contribution in [2.75, 3.05) is 19.7 Å². The minimum atomic E-state index is -0.0397. The van der Waals surface area contributed by atoms with Gasteiger partial charge in [0.05, 0.1) is 12.1 Å². The highest BCUT2D eigenvalue weighted by atomic mass is 16.3. The zero-order valence-corrected chi connectivity index (χ0v) is 13.0. The van der Waals surface area contributed by atoms with Crippen LogP contribution in [-0.2, 0) is 0 Å². The normalized spacial score (nSPS) is 31.6. The second-order valence-electron chi connectivity index (χ2n) is 6.68. The van der Waals surface area contributed by atoms with Crippen LogP contribution in [0.3, 0.4) is 0 Å². The van der Waals surface area contributed by atoms with Crippen LogP contribution in [0.4, 0.5) is 0 Å². The van der Waals surface area contributed by atoms with Gasteiger partial charge in [-0.05, 0) is 57.9 Å². The monoisotopic (exact) mass is 268 g/mol. The third kappa shape index (κ3) is 3.32. The Balaban J connectivity index is 2.05. The van der Waals surface area contributed by atoms with Gasteiger partial charge in [-0.15, -0.1) is 0 Å². The fourth-order valence-corrected chi connectivity index (χ4v) is 3.75. The van der Waals surface area contributed by atoms with Gasteiger partial charge in [-0.3, -0.25) is 4.90 Å². The summed E-state index contributed by atoms with van der Waals surface area (Å²) in [5, 5.41) is 13.7. The fraction of sp³-hybridized carbons (Fsp3) is 1.00. The Morgan fingerprint density at radius 2 is 1.95 bits per heavy atom. The maximum absolute atomic E-state index is 10.0. The maximum atomic E-state index is 10.0. The van der Waals surface area contributed by atoms with Crippen molar-refractivity contribution in [3.63, 3.8) is 0 Å². The molecular weight excluding hydrogens is 236 g/mol. The van der Waals surface area contributed by atoms with E-state index in [1.807, 2.05) is 0 Å². The van der Waals surface area contributed by atoms with E-state index in [0.717, 1.165) is 25.6 Å². The molecule has 3 atom stereocenters. The van der Waals surface area contributed by atoms with Crippen LogP contribution >= 0.6 is 0 Å². The Labute approximate surface area is 118 Å². The van der Waals surface area contributed by atoms with Crippen molar-refractivity contribution in [3.05, 3.63) is 0 Å². The molecule has 0 aromatic carbocycles. The van der Waals surface area contributed by atoms with Crippen LogP contribution < -0.4 is 5.32 Å². The van der Waals surface area contributed by atoms with Crippen LogP contribution in [0.15, 0.2) is 0 Å². The van der Waals surface area contributed by atoms with Gasteiger partial charge in [0, 0.05) is 18.6 Å². The number of nitrogens with one attached hydrogen (secondary N) is 1. The Bertz CT molecular complexity index is 280. The molecule has 112 valence electrons. The molecule has 3 heteroatoms. The molecule has 1 aliphatic carbocycles. The van der Waals surface area contributed by atoms with E-state index in [1.165, 1.54) is 32.1 Å². The van der Waals surface area contributed by atoms with Gasteiger partial charge in [0.15, 0.2) is 0 Å². The van der Waals surface area contributed by atoms with Crippen molar-refractivity contribution in [2.45, 2.75) is 76.9 Å². The van der Waals surface area contributed by atoms with Gasteiger partial charge >= 0.3 is 0 Å². The molecule has 3 unspecified atom stereocenters. The number of likely N-dealkylation sites (tertiary alicyclic amines) is 1. The summed E-state index contributed by atoms with van der Waals surface area (Å²) < 4.78 is 0. The molecule has 0 spiro atoms. The average Bonchev–Trinajstić information content (AvgIpc) is 3.22. The minimum absolute atomic E-state index is 0.0397. The van der Waals surface area contributed by atoms with Crippen LogP contribution in [0.1, 0.15) is 59.3 Å². The first-order valence-electron chi connectivity index (χ1n) is 8.28. The van der Waals surface area contributed by atoms with Crippen molar-refractivity contribution in [1.29, 1.82) is 0 Å². The predicted octanol–water partition coefficient (Wildman–Crippen LogP) is 2.39. The van der Waals surface area contributed by atoms with Crippen molar-refractivity contribution in [1.82, 2.24) is 10.2 Å². The lowest BCUT2D eigenvalue weighted by molar-refractivity contribution is 0.0690. The summed E-state index contributed by atoms with van der Waals surface area (Å²) in [5.74, 6) is 0.689. The summed E-state index contributed by atoms with van der Waals surface area (Å²) in [7, 11) is 0. The van der Waals surface area contributed by atoms with Gasteiger partial charge < -0.3 is 10.4 Å². The summed E-state index contributed by atoms with van der Waals surface area (Å²) in [6.07, 6.45) is 7.61. The van der Waals surface area contributed by atoms with E-state index in [4.69, 9.17) is 0 Å². The quantitative estimate of drug-likeness (QED) is 0.709. The summed E-state index contributed by atoms with van der Waals surface area (Å²) in [6, 6.07) is 1.40. The number of hydrogen-bond acceptors (Lipinski definition) is 3. The Kier molecular flexibility index (Phi) is 5.27. The molecule has 3 nitrogen and oxygen atoms in total. The molecule has 2 aliphatic rings. The summed E-state index contributed by atoms with van der Waals surface area (Å²) in [6.45, 7) is 9.20. The number of hydrogen-bond donors (Lipinski definition) is 2. The molecule has 19 heavy (non-hydrogen) atoms. The lowest BCUT2D eigenvalue weighted by atomic mass is 9.92. The first kappa shape index (κ1) is 15.3. The summed E-state index contributed by atoms with van der Waals surface area (Å²) in [4.78, 5) is 2.66. The third-order valence-electron chi connectivity index (χ3n) is 5.26. The first-order valence-corrected chi connectivity index (χ1v) is 8.28. The van der Waals surface area contributed by atoms with Crippen molar-refractivity contribution in [2.24, 2.45) is 5.92 Å². The second-order valence-corrected chi connectivity index (χ2v) is 6.68. The molecular formula is C16H32N2O. The van der Waals surface area contributed by atoms with E-state index in [2.05, 4.69) is 31.0 Å². The number of rotatable bonds is 8. The van der Waals surface area contributed by atoms with E-state index in [0.29, 0.717) is 12.0 Å². The Morgan fingerprint density at radius 1 is 1.21 bits per heavy atom. The van der Waals surface area contributed by atoms with Crippen LogP contribution in [0, 0.1) is 5.92 Å². The van der Waals surface area contributed by atoms with Gasteiger partial charge in [0.2, 0.25) is 0 Å². The van der Waals surface area contributed by atoms with E-state index in [1.54, 1.807) is 0 Å². The SMILES string of the molecule is CCCNC(CO)(CN1C(C)CCC1CC)C1CC1. The molecule has 0 aromatic rings. The Morgan fingerprint density at radius 3 is 2.47 bits per heavy atom. The molecule has 1 saturated heterocycles. The summed E-state index contributed by atoms with van der Waals surface area (Å²) >= 11 is 0. The molecule has 0 bridgehead atoms. The van der Waals surface area contributed by atoms with E-state index in [9.17, 15) is 5.11 Å². The Hall–Kier alpha value is -0.120. The van der Waals surface area contributed by atoms with Crippen LogP contribution in [0.25, 0.3) is 0 Å². The predicted molar refractivity (Wildman–Crippen MR) is 80.3 cm³/mol. The molecule has 1 aliphatic heterocycles. The van der Waals surface area contributed by atoms with Crippen LogP contribution in [-0.4, -0.2) is 47.3 Å². The molecule has 2 rings (SSSR count). The average molecular weight is 268 g/mol. The zero-order valence-electron chi connectivity index (χ0n) is 13.0. The van der Waals surface area contributed by atoms with Crippen molar-refractivity contribution >= 4 is 0 Å². The lowest BCUT2D eigenvalue weighted by Gasteiger charge is -2.41. The molecule has 2 N–H and O–H groups in total. The molecule has 0 aromatic heterocycles. The number of aliphatic hydroxyl groups is 1. The largest absolute Gasteiger partial charge is 0.394 e. The topological polar surface area (TPSA) is 35.5 Å². The second kappa shape index (κ2) is 6.55. The van der Waals surface area contributed by atoms with Gasteiger partial charge in [0.1, 0.15) is 0 Å². The van der Waals surface area contributed by atoms with Gasteiger partial charge in [-0.25, -0.2) is 0 Å². The molecule has 0 radical (unpaired) electrons. The maximum Gasteiger partial charge on any atom is 0.0628 e. The minimum Gasteiger partial charge on any atom is -0.394 e. The summed E-state index contributed by atoms with van der Waals surface area (Å²) in [5.41, 5.74) is -0.0397. The number of aliphatic hydroxyl groups excluding tert-OH is 1. The zero-order chi connectivity index (χ0) is 13.9. The van der Waals surface area contributed by atoms with Crippen molar-refractivity contribution < 1.29 is 5.11 Å². The van der Waals surface area contributed by atoms with Gasteiger partial charge in [-0.2, -0.15) is 0 Å². The van der Waals surface area contributed by atoms with Gasteiger partial charge in [-0.1, -0.05) is 13.8 Å². The smallest absolute Gasteiger partial charge is 0.0628 e. The molecule has 0 amide bonds. The molecule has 1 saturated carbocycles. The fourth-order valence-electron chi connectivity index (χ4n) is 3.75. The van der Waals surface area contributed by atoms with Gasteiger partial charge in [0.25, 0.3) is 0 Å². The highest BCUT2D eigenvalue weighted by Crippen LogP contribution is 2.41. The highest BCUT2D eigenvalue weighted by molar-refractivity contribution is 5.04. The van der Waals surface area contributed by atoms with Crippen LogP contribution in [0.2, 0.25) is 0 Å². The molecule has 1 heterocycles. The molecule has 2 fully saturated rings. The van der Waals surface area contributed by atoms with Crippen molar-refractivity contribution in [3.8, 4) is 0 Å². The van der Waals surface area contributed by atoms with E-state index in [-0.39, 0.29) is 12.1 Å².